The van der Waals surface area contributed by atoms with Crippen molar-refractivity contribution in [2.75, 3.05) is 12.4 Å². The molecule has 7 heteroatoms. The summed E-state index contributed by atoms with van der Waals surface area (Å²) in [5, 5.41) is 7.07. The summed E-state index contributed by atoms with van der Waals surface area (Å²) in [5.41, 5.74) is 15.2. The lowest BCUT2D eigenvalue weighted by Gasteiger charge is -2.28. The first-order valence-corrected chi connectivity index (χ1v) is 22.8. The molecule has 0 saturated carbocycles. The van der Waals surface area contributed by atoms with E-state index >= 15 is 0 Å². The van der Waals surface area contributed by atoms with Crippen molar-refractivity contribution in [3.8, 4) is 78.7 Å². The molecule has 1 unspecified atom stereocenters. The first kappa shape index (κ1) is 41.6. The molecule has 10 aromatic rings. The second-order valence-electron chi connectivity index (χ2n) is 16.5. The highest BCUT2D eigenvalue weighted by atomic mass is 15.2. The fraction of sp³-hybridized carbons (Fsp3) is 0.0328. The van der Waals surface area contributed by atoms with Crippen molar-refractivity contribution in [1.29, 1.82) is 0 Å². The quantitative estimate of drug-likeness (QED) is 0.135. The summed E-state index contributed by atoms with van der Waals surface area (Å²) in [5.74, 6) is 3.20. The molecule has 0 spiro atoms. The third-order valence-corrected chi connectivity index (χ3v) is 12.2. The largest absolute Gasteiger partial charge is 0.388 e. The fourth-order valence-corrected chi connectivity index (χ4v) is 8.88. The van der Waals surface area contributed by atoms with Gasteiger partial charge in [-0.3, -0.25) is 0 Å². The Balaban J connectivity index is 1.11. The lowest BCUT2D eigenvalue weighted by atomic mass is 9.82. The van der Waals surface area contributed by atoms with Gasteiger partial charge in [0.05, 0.1) is 0 Å². The molecule has 0 aliphatic carbocycles. The molecule has 11 rings (SSSR count). The summed E-state index contributed by atoms with van der Waals surface area (Å²) in [6, 6.07) is 81.7. The van der Waals surface area contributed by atoms with E-state index in [1.165, 1.54) is 0 Å². The van der Waals surface area contributed by atoms with Gasteiger partial charge in [0.25, 0.3) is 0 Å². The molecular formula is C61H45N7. The van der Waals surface area contributed by atoms with Crippen LogP contribution in [0.1, 0.15) is 22.9 Å². The van der Waals surface area contributed by atoms with E-state index in [0.29, 0.717) is 23.3 Å². The van der Waals surface area contributed by atoms with Crippen LogP contribution in [0.3, 0.4) is 0 Å². The number of aromatic nitrogens is 3. The Morgan fingerprint density at radius 3 is 1.44 bits per heavy atom. The number of hydrogen-bond donors (Lipinski definition) is 2. The Morgan fingerprint density at radius 1 is 0.368 bits per heavy atom. The van der Waals surface area contributed by atoms with Crippen molar-refractivity contribution >= 4 is 17.4 Å². The van der Waals surface area contributed by atoms with Gasteiger partial charge in [0.15, 0.2) is 23.3 Å². The number of benzene rings is 9. The minimum absolute atomic E-state index is 0.511. The smallest absolute Gasteiger partial charge is 0.164 e. The van der Waals surface area contributed by atoms with E-state index in [1.54, 1.807) is 0 Å². The molecule has 1 atom stereocenters. The predicted molar refractivity (Wildman–Crippen MR) is 279 cm³/mol. The van der Waals surface area contributed by atoms with E-state index in [2.05, 4.69) is 168 Å². The molecule has 2 heterocycles. The summed E-state index contributed by atoms with van der Waals surface area (Å²) in [7, 11) is 1.93. The molecule has 1 aliphatic rings. The van der Waals surface area contributed by atoms with Gasteiger partial charge in [0.2, 0.25) is 0 Å². The maximum atomic E-state index is 5.45. The lowest BCUT2D eigenvalue weighted by molar-refractivity contribution is 0.676. The third kappa shape index (κ3) is 8.48. The lowest BCUT2D eigenvalue weighted by Crippen LogP contribution is -2.34. The SMILES string of the molecule is CNc1ccc(-c2cccc(C3=NC(c4ccccc4)=NC(c4ccc(-c5ccccc5-c5nc(-c6ccccc6)nc(-c6ccccc6)n5)c(-c5ccccc5)c4-c4ccccc4)N3)c2)cc1. The molecule has 0 bridgehead atoms. The average Bonchev–Trinajstić information content (AvgIpc) is 3.43. The van der Waals surface area contributed by atoms with Crippen molar-refractivity contribution in [2.45, 2.75) is 6.17 Å². The van der Waals surface area contributed by atoms with Crippen LogP contribution < -0.4 is 10.6 Å². The van der Waals surface area contributed by atoms with Crippen LogP contribution in [-0.4, -0.2) is 33.7 Å². The van der Waals surface area contributed by atoms with Gasteiger partial charge >= 0.3 is 0 Å². The second kappa shape index (κ2) is 18.8. The Labute approximate surface area is 396 Å². The van der Waals surface area contributed by atoms with Crippen molar-refractivity contribution in [3.63, 3.8) is 0 Å². The highest BCUT2D eigenvalue weighted by molar-refractivity contribution is 6.13. The molecule has 68 heavy (non-hydrogen) atoms. The van der Waals surface area contributed by atoms with Crippen molar-refractivity contribution in [1.82, 2.24) is 20.3 Å². The van der Waals surface area contributed by atoms with Crippen LogP contribution >= 0.6 is 0 Å². The van der Waals surface area contributed by atoms with Gasteiger partial charge in [-0.2, -0.15) is 0 Å². The van der Waals surface area contributed by atoms with Crippen molar-refractivity contribution in [2.24, 2.45) is 9.98 Å². The molecule has 0 amide bonds. The first-order chi connectivity index (χ1) is 33.7. The number of nitrogens with zero attached hydrogens (tertiary/aromatic N) is 5. The highest BCUT2D eigenvalue weighted by Gasteiger charge is 2.28. The van der Waals surface area contributed by atoms with E-state index in [4.69, 9.17) is 24.9 Å². The topological polar surface area (TPSA) is 87.5 Å². The second-order valence-corrected chi connectivity index (χ2v) is 16.5. The fourth-order valence-electron chi connectivity index (χ4n) is 8.88. The standard InChI is InChI=1S/C61H45N7/c1-62-49-36-34-41(35-37-49)47-30-19-31-48(40-47)59-64-58(46-28-15-6-16-29-46)67-61(68-59)53-39-38-51(54(42-20-7-2-8-21-42)55(53)43-22-9-3-10-23-43)50-32-17-18-33-52(50)60-65-56(44-24-11-4-12-25-44)63-57(66-60)45-26-13-5-14-27-45/h2-40,61-62H,1H3,(H,64,67,68). The Hall–Kier alpha value is -9.07. The monoisotopic (exact) mass is 875 g/mol. The van der Waals surface area contributed by atoms with E-state index < -0.39 is 6.17 Å². The predicted octanol–water partition coefficient (Wildman–Crippen LogP) is 14.1. The van der Waals surface area contributed by atoms with E-state index in [9.17, 15) is 0 Å². The van der Waals surface area contributed by atoms with Crippen LogP contribution in [0.5, 0.6) is 0 Å². The van der Waals surface area contributed by atoms with E-state index in [0.717, 1.165) is 89.4 Å². The molecule has 0 saturated heterocycles. The number of aliphatic imine (C=N–C) groups is 2. The molecule has 1 aromatic heterocycles. The maximum Gasteiger partial charge on any atom is 0.164 e. The third-order valence-electron chi connectivity index (χ3n) is 12.2. The molecule has 324 valence electrons. The Bertz CT molecular complexity index is 3370. The van der Waals surface area contributed by atoms with Gasteiger partial charge < -0.3 is 10.6 Å². The molecule has 1 aliphatic heterocycles. The zero-order valence-electron chi connectivity index (χ0n) is 37.3. The molecule has 7 nitrogen and oxygen atoms in total. The average molecular weight is 876 g/mol. The van der Waals surface area contributed by atoms with Crippen LogP contribution in [-0.2, 0) is 0 Å². The normalized spacial score (nSPS) is 13.2. The van der Waals surface area contributed by atoms with E-state index in [-0.39, 0.29) is 0 Å². The molecule has 0 radical (unpaired) electrons. The molecular weight excluding hydrogens is 831 g/mol. The molecule has 9 aromatic carbocycles. The van der Waals surface area contributed by atoms with E-state index in [1.807, 2.05) is 85.9 Å². The number of nitrogens with one attached hydrogen (secondary N) is 2. The van der Waals surface area contributed by atoms with Crippen LogP contribution in [0.2, 0.25) is 0 Å². The Morgan fingerprint density at radius 2 is 0.853 bits per heavy atom. The summed E-state index contributed by atoms with van der Waals surface area (Å²) in [6.45, 7) is 0. The zero-order chi connectivity index (χ0) is 45.7. The van der Waals surface area contributed by atoms with Gasteiger partial charge in [0, 0.05) is 46.1 Å². The summed E-state index contributed by atoms with van der Waals surface area (Å²) in [6.07, 6.45) is -0.511. The number of amidine groups is 2. The van der Waals surface area contributed by atoms with Crippen LogP contribution in [0.4, 0.5) is 5.69 Å². The number of hydrogen-bond acceptors (Lipinski definition) is 7. The van der Waals surface area contributed by atoms with Crippen LogP contribution in [0, 0.1) is 0 Å². The van der Waals surface area contributed by atoms with Gasteiger partial charge in [-0.15, -0.1) is 0 Å². The summed E-state index contributed by atoms with van der Waals surface area (Å²) < 4.78 is 0. The number of rotatable bonds is 11. The number of anilines is 1. The van der Waals surface area contributed by atoms with Crippen LogP contribution in [0.15, 0.2) is 247 Å². The Kier molecular flexibility index (Phi) is 11.5. The summed E-state index contributed by atoms with van der Waals surface area (Å²) >= 11 is 0. The van der Waals surface area contributed by atoms with Gasteiger partial charge in [-0.25, -0.2) is 24.9 Å². The van der Waals surface area contributed by atoms with Crippen molar-refractivity contribution < 1.29 is 0 Å². The zero-order valence-corrected chi connectivity index (χ0v) is 37.3. The maximum absolute atomic E-state index is 5.45. The summed E-state index contributed by atoms with van der Waals surface area (Å²) in [4.78, 5) is 26.1. The van der Waals surface area contributed by atoms with Gasteiger partial charge in [-0.05, 0) is 62.7 Å². The minimum atomic E-state index is -0.511. The molecule has 2 N–H and O–H groups in total. The van der Waals surface area contributed by atoms with Crippen molar-refractivity contribution in [3.05, 3.63) is 253 Å². The van der Waals surface area contributed by atoms with Crippen LogP contribution in [0.25, 0.3) is 78.7 Å². The minimum Gasteiger partial charge on any atom is -0.388 e. The first-order valence-electron chi connectivity index (χ1n) is 22.8. The molecule has 0 fully saturated rings. The van der Waals surface area contributed by atoms with Gasteiger partial charge in [0.1, 0.15) is 12.0 Å². The highest BCUT2D eigenvalue weighted by Crippen LogP contribution is 2.46. The van der Waals surface area contributed by atoms with Gasteiger partial charge in [-0.1, -0.05) is 218 Å².